The molecule has 1 saturated carbocycles. The molecule has 0 bridgehead atoms. The zero-order valence-corrected chi connectivity index (χ0v) is 11.6. The molecule has 4 heteroatoms. The van der Waals surface area contributed by atoms with Crippen molar-refractivity contribution in [3.63, 3.8) is 0 Å². The maximum atomic E-state index is 11.5. The van der Waals surface area contributed by atoms with Gasteiger partial charge in [0.05, 0.1) is 11.5 Å². The first-order valence-electron chi connectivity index (χ1n) is 7.04. The molecular formula is C13H25NO2S. The van der Waals surface area contributed by atoms with Crippen LogP contribution < -0.4 is 5.32 Å². The van der Waals surface area contributed by atoms with Gasteiger partial charge in [0, 0.05) is 6.04 Å². The van der Waals surface area contributed by atoms with Crippen molar-refractivity contribution in [3.05, 3.63) is 0 Å². The predicted octanol–water partition coefficient (Wildman–Crippen LogP) is 1.98. The normalized spacial score (nSPS) is 29.4. The van der Waals surface area contributed by atoms with Gasteiger partial charge in [-0.3, -0.25) is 0 Å². The smallest absolute Gasteiger partial charge is 0.150 e. The molecule has 2 rings (SSSR count). The van der Waals surface area contributed by atoms with Gasteiger partial charge in [-0.1, -0.05) is 19.8 Å². The topological polar surface area (TPSA) is 46.2 Å². The van der Waals surface area contributed by atoms with Gasteiger partial charge in [0.25, 0.3) is 0 Å². The van der Waals surface area contributed by atoms with Gasteiger partial charge in [0.1, 0.15) is 0 Å². The molecule has 100 valence electrons. The van der Waals surface area contributed by atoms with Crippen LogP contribution in [0.2, 0.25) is 0 Å². The monoisotopic (exact) mass is 259 g/mol. The number of hydrogen-bond donors (Lipinski definition) is 1. The zero-order chi connectivity index (χ0) is 12.3. The maximum Gasteiger partial charge on any atom is 0.150 e. The van der Waals surface area contributed by atoms with E-state index in [0.29, 0.717) is 23.3 Å². The lowest BCUT2D eigenvalue weighted by Gasteiger charge is -2.23. The molecule has 0 radical (unpaired) electrons. The van der Waals surface area contributed by atoms with E-state index in [2.05, 4.69) is 12.2 Å². The van der Waals surface area contributed by atoms with Crippen LogP contribution in [0.5, 0.6) is 0 Å². The summed E-state index contributed by atoms with van der Waals surface area (Å²) in [5, 5.41) is 3.58. The van der Waals surface area contributed by atoms with E-state index in [1.54, 1.807) is 0 Å². The first-order chi connectivity index (χ1) is 8.11. The molecule has 17 heavy (non-hydrogen) atoms. The number of rotatable bonds is 7. The van der Waals surface area contributed by atoms with Gasteiger partial charge in [0.2, 0.25) is 0 Å². The van der Waals surface area contributed by atoms with Crippen molar-refractivity contribution in [1.29, 1.82) is 0 Å². The van der Waals surface area contributed by atoms with E-state index < -0.39 is 9.84 Å². The largest absolute Gasteiger partial charge is 0.314 e. The van der Waals surface area contributed by atoms with Crippen LogP contribution in [0.1, 0.15) is 45.4 Å². The highest BCUT2D eigenvalue weighted by molar-refractivity contribution is 7.91. The van der Waals surface area contributed by atoms with Crippen LogP contribution in [0.3, 0.4) is 0 Å². The molecule has 0 spiro atoms. The molecule has 1 aliphatic carbocycles. The number of unbranched alkanes of at least 4 members (excludes halogenated alkanes) is 1. The van der Waals surface area contributed by atoms with Crippen molar-refractivity contribution in [2.24, 2.45) is 11.8 Å². The molecule has 3 nitrogen and oxygen atoms in total. The Morgan fingerprint density at radius 1 is 1.29 bits per heavy atom. The Morgan fingerprint density at radius 2 is 2.06 bits per heavy atom. The van der Waals surface area contributed by atoms with Crippen molar-refractivity contribution in [2.75, 3.05) is 18.1 Å². The summed E-state index contributed by atoms with van der Waals surface area (Å²) in [6, 6.07) is 0.733. The van der Waals surface area contributed by atoms with Gasteiger partial charge in [-0.25, -0.2) is 8.42 Å². The summed E-state index contributed by atoms with van der Waals surface area (Å²) in [5.41, 5.74) is 0. The SMILES string of the molecule is CCCCC(CNC1CC1)C1CCS(=O)(=O)C1. The van der Waals surface area contributed by atoms with E-state index in [9.17, 15) is 8.42 Å². The molecule has 2 atom stereocenters. The van der Waals surface area contributed by atoms with Gasteiger partial charge in [0.15, 0.2) is 9.84 Å². The minimum absolute atomic E-state index is 0.415. The third-order valence-electron chi connectivity index (χ3n) is 4.11. The molecule has 0 amide bonds. The summed E-state index contributed by atoms with van der Waals surface area (Å²) in [6.45, 7) is 3.24. The van der Waals surface area contributed by atoms with Crippen LogP contribution in [0.15, 0.2) is 0 Å². The molecule has 0 aromatic rings. The Kier molecular flexibility index (Phi) is 4.47. The van der Waals surface area contributed by atoms with Crippen molar-refractivity contribution in [2.45, 2.75) is 51.5 Å². The number of sulfone groups is 1. The summed E-state index contributed by atoms with van der Waals surface area (Å²) in [5.74, 6) is 1.85. The summed E-state index contributed by atoms with van der Waals surface area (Å²) in [4.78, 5) is 0. The van der Waals surface area contributed by atoms with E-state index in [1.807, 2.05) is 0 Å². The van der Waals surface area contributed by atoms with E-state index in [1.165, 1.54) is 32.1 Å². The predicted molar refractivity (Wildman–Crippen MR) is 70.8 cm³/mol. The van der Waals surface area contributed by atoms with Gasteiger partial charge >= 0.3 is 0 Å². The molecule has 0 aromatic carbocycles. The number of hydrogen-bond acceptors (Lipinski definition) is 3. The van der Waals surface area contributed by atoms with E-state index >= 15 is 0 Å². The van der Waals surface area contributed by atoms with Crippen LogP contribution in [0.4, 0.5) is 0 Å². The molecular weight excluding hydrogens is 234 g/mol. The standard InChI is InChI=1S/C13H25NO2S/c1-2-3-4-11(9-14-13-5-6-13)12-7-8-17(15,16)10-12/h11-14H,2-10H2,1H3. The minimum atomic E-state index is -2.72. The van der Waals surface area contributed by atoms with Crippen LogP contribution in [0.25, 0.3) is 0 Å². The average Bonchev–Trinajstić information content (AvgIpc) is 3.03. The summed E-state index contributed by atoms with van der Waals surface area (Å²) < 4.78 is 23.1. The third-order valence-corrected chi connectivity index (χ3v) is 5.90. The fourth-order valence-corrected chi connectivity index (χ4v) is 4.69. The maximum absolute atomic E-state index is 11.5. The van der Waals surface area contributed by atoms with Crippen LogP contribution >= 0.6 is 0 Å². The Hall–Kier alpha value is -0.0900. The van der Waals surface area contributed by atoms with Crippen molar-refractivity contribution < 1.29 is 8.42 Å². The highest BCUT2D eigenvalue weighted by Gasteiger charge is 2.34. The first kappa shape index (κ1) is 13.3. The van der Waals surface area contributed by atoms with Gasteiger partial charge in [-0.15, -0.1) is 0 Å². The Bertz CT molecular complexity index is 335. The highest BCUT2D eigenvalue weighted by Crippen LogP contribution is 2.30. The molecule has 1 aliphatic heterocycles. The summed E-state index contributed by atoms with van der Waals surface area (Å²) in [7, 11) is -2.72. The molecule has 1 heterocycles. The minimum Gasteiger partial charge on any atom is -0.314 e. The number of nitrogens with one attached hydrogen (secondary N) is 1. The van der Waals surface area contributed by atoms with E-state index in [4.69, 9.17) is 0 Å². The van der Waals surface area contributed by atoms with Crippen molar-refractivity contribution >= 4 is 9.84 Å². The van der Waals surface area contributed by atoms with Gasteiger partial charge < -0.3 is 5.32 Å². The Balaban J connectivity index is 1.84. The van der Waals surface area contributed by atoms with Crippen LogP contribution in [-0.4, -0.2) is 32.5 Å². The van der Waals surface area contributed by atoms with Crippen molar-refractivity contribution in [3.8, 4) is 0 Å². The van der Waals surface area contributed by atoms with Crippen LogP contribution in [-0.2, 0) is 9.84 Å². The first-order valence-corrected chi connectivity index (χ1v) is 8.86. The van der Waals surface area contributed by atoms with Crippen LogP contribution in [0, 0.1) is 11.8 Å². The second kappa shape index (κ2) is 5.70. The molecule has 1 saturated heterocycles. The molecule has 0 aromatic heterocycles. The second-order valence-corrected chi connectivity index (χ2v) is 7.98. The fraction of sp³-hybridized carbons (Fsp3) is 1.00. The molecule has 2 fully saturated rings. The molecule has 1 N–H and O–H groups in total. The van der Waals surface area contributed by atoms with Gasteiger partial charge in [-0.05, 0) is 44.1 Å². The Morgan fingerprint density at radius 3 is 2.59 bits per heavy atom. The molecule has 2 aliphatic rings. The third kappa shape index (κ3) is 4.25. The second-order valence-electron chi connectivity index (χ2n) is 5.75. The molecule has 2 unspecified atom stereocenters. The lowest BCUT2D eigenvalue weighted by atomic mass is 9.87. The highest BCUT2D eigenvalue weighted by atomic mass is 32.2. The van der Waals surface area contributed by atoms with Gasteiger partial charge in [-0.2, -0.15) is 0 Å². The quantitative estimate of drug-likeness (QED) is 0.760. The average molecular weight is 259 g/mol. The summed E-state index contributed by atoms with van der Waals surface area (Å²) >= 11 is 0. The lowest BCUT2D eigenvalue weighted by Crippen LogP contribution is -2.30. The zero-order valence-electron chi connectivity index (χ0n) is 10.8. The van der Waals surface area contributed by atoms with E-state index in [-0.39, 0.29) is 0 Å². The Labute approximate surface area is 105 Å². The van der Waals surface area contributed by atoms with Crippen molar-refractivity contribution in [1.82, 2.24) is 5.32 Å². The lowest BCUT2D eigenvalue weighted by molar-refractivity contribution is 0.316. The van der Waals surface area contributed by atoms with E-state index in [0.717, 1.165) is 19.0 Å². The summed E-state index contributed by atoms with van der Waals surface area (Å²) in [6.07, 6.45) is 7.14. The fourth-order valence-electron chi connectivity index (χ4n) is 2.77.